The molecule has 0 atom stereocenters. The van der Waals surface area contributed by atoms with Crippen LogP contribution in [0.15, 0.2) is 86.6 Å². The molecule has 1 amide bonds. The molecule has 0 heterocycles. The van der Waals surface area contributed by atoms with Gasteiger partial charge >= 0.3 is 0 Å². The van der Waals surface area contributed by atoms with Gasteiger partial charge in [-0.15, -0.1) is 0 Å². The third-order valence-electron chi connectivity index (χ3n) is 5.42. The van der Waals surface area contributed by atoms with E-state index in [1.54, 1.807) is 37.9 Å². The van der Waals surface area contributed by atoms with Crippen LogP contribution in [0.4, 0.5) is 0 Å². The summed E-state index contributed by atoms with van der Waals surface area (Å²) in [6.07, 6.45) is 1.33. The minimum Gasteiger partial charge on any atom is -0.338 e. The second-order valence-corrected chi connectivity index (χ2v) is 12.1. The van der Waals surface area contributed by atoms with Gasteiger partial charge in [0.05, 0.1) is 4.90 Å². The van der Waals surface area contributed by atoms with Crippen LogP contribution in [0.2, 0.25) is 0 Å². The van der Waals surface area contributed by atoms with E-state index in [1.165, 1.54) is 12.1 Å². The topological polar surface area (TPSA) is 66.5 Å². The van der Waals surface area contributed by atoms with Crippen molar-refractivity contribution in [3.05, 3.63) is 98.4 Å². The fraction of sp³-hybridized carbons (Fsp3) is 0.269. The minimum absolute atomic E-state index is 0.0813. The van der Waals surface area contributed by atoms with Gasteiger partial charge in [0.1, 0.15) is 0 Å². The maximum absolute atomic E-state index is 13.5. The number of rotatable bonds is 9. The molecule has 34 heavy (non-hydrogen) atoms. The number of likely N-dealkylation sites (N-methyl/N-ethyl adjacent to an activating group) is 1. The number of amides is 1. The quantitative estimate of drug-likeness (QED) is 0.333. The molecule has 0 aromatic heterocycles. The molecule has 8 heteroatoms. The van der Waals surface area contributed by atoms with Gasteiger partial charge in [-0.1, -0.05) is 62.2 Å². The van der Waals surface area contributed by atoms with Crippen LogP contribution in [-0.4, -0.2) is 38.4 Å². The largest absolute Gasteiger partial charge is 0.338 e. The molecule has 180 valence electrons. The van der Waals surface area contributed by atoms with Gasteiger partial charge in [-0.3, -0.25) is 4.79 Å². The van der Waals surface area contributed by atoms with Gasteiger partial charge in [-0.2, -0.15) is 0 Å². The van der Waals surface area contributed by atoms with E-state index in [0.29, 0.717) is 18.4 Å². The Hall–Kier alpha value is -2.00. The summed E-state index contributed by atoms with van der Waals surface area (Å²) >= 11 is 6.94. The second kappa shape index (κ2) is 11.6. The SMILES string of the molecule is CC(C)NS(=O)(=O)c1cccc(C(=O)N(C)C(Cc2ccc(Br)cc2)Cc2ccc(Br)cc2)c1. The van der Waals surface area contributed by atoms with E-state index in [9.17, 15) is 13.2 Å². The van der Waals surface area contributed by atoms with Gasteiger partial charge in [0.25, 0.3) is 5.91 Å². The average Bonchev–Trinajstić information content (AvgIpc) is 2.80. The molecule has 0 fully saturated rings. The Bertz CT molecular complexity index is 1180. The van der Waals surface area contributed by atoms with Crippen LogP contribution in [0.5, 0.6) is 0 Å². The molecule has 3 rings (SSSR count). The lowest BCUT2D eigenvalue weighted by atomic mass is 9.97. The number of nitrogens with zero attached hydrogens (tertiary/aromatic N) is 1. The molecule has 0 bridgehead atoms. The van der Waals surface area contributed by atoms with Crippen molar-refractivity contribution in [1.29, 1.82) is 0 Å². The van der Waals surface area contributed by atoms with Crippen LogP contribution in [-0.2, 0) is 22.9 Å². The smallest absolute Gasteiger partial charge is 0.253 e. The Morgan fingerprint density at radius 2 is 1.38 bits per heavy atom. The first-order valence-electron chi connectivity index (χ1n) is 10.9. The van der Waals surface area contributed by atoms with Crippen LogP contribution >= 0.6 is 31.9 Å². The van der Waals surface area contributed by atoms with Crippen molar-refractivity contribution >= 4 is 47.8 Å². The molecular formula is C26H28Br2N2O3S. The summed E-state index contributed by atoms with van der Waals surface area (Å²) < 4.78 is 29.8. The third-order valence-corrected chi connectivity index (χ3v) is 8.13. The number of halogens is 2. The first-order chi connectivity index (χ1) is 16.0. The minimum atomic E-state index is -3.70. The summed E-state index contributed by atoms with van der Waals surface area (Å²) in [6, 6.07) is 22.0. The number of benzene rings is 3. The molecule has 0 saturated heterocycles. The van der Waals surface area contributed by atoms with Gasteiger partial charge in [-0.05, 0) is 80.3 Å². The molecule has 1 N–H and O–H groups in total. The molecule has 0 radical (unpaired) electrons. The zero-order valence-electron chi connectivity index (χ0n) is 19.3. The number of hydrogen-bond donors (Lipinski definition) is 1. The highest BCUT2D eigenvalue weighted by Crippen LogP contribution is 2.21. The Balaban J connectivity index is 1.89. The molecule has 3 aromatic carbocycles. The highest BCUT2D eigenvalue weighted by atomic mass is 79.9. The van der Waals surface area contributed by atoms with Gasteiger partial charge in [0.15, 0.2) is 0 Å². The Kier molecular flexibility index (Phi) is 9.09. The Labute approximate surface area is 218 Å². The fourth-order valence-corrected chi connectivity index (χ4v) is 5.50. The first kappa shape index (κ1) is 26.6. The normalized spacial score (nSPS) is 11.7. The highest BCUT2D eigenvalue weighted by Gasteiger charge is 2.24. The fourth-order valence-electron chi connectivity index (χ4n) is 3.68. The summed E-state index contributed by atoms with van der Waals surface area (Å²) in [7, 11) is -1.92. The summed E-state index contributed by atoms with van der Waals surface area (Å²) in [6.45, 7) is 3.52. The van der Waals surface area contributed by atoms with Crippen molar-refractivity contribution in [2.45, 2.75) is 43.7 Å². The van der Waals surface area contributed by atoms with E-state index in [4.69, 9.17) is 0 Å². The lowest BCUT2D eigenvalue weighted by molar-refractivity contribution is 0.0730. The van der Waals surface area contributed by atoms with Gasteiger partial charge in [0, 0.05) is 33.6 Å². The molecule has 0 spiro atoms. The standard InChI is InChI=1S/C26H28Br2N2O3S/c1-18(2)29-34(32,33)25-6-4-5-21(17-25)26(31)30(3)24(15-19-7-11-22(27)12-8-19)16-20-9-13-23(28)14-10-20/h4-14,17-18,24,29H,15-16H2,1-3H3. The first-order valence-corrected chi connectivity index (χ1v) is 14.0. The maximum atomic E-state index is 13.5. The van der Waals surface area contributed by atoms with E-state index in [1.807, 2.05) is 48.5 Å². The molecule has 0 aliphatic heterocycles. The average molecular weight is 608 g/mol. The summed E-state index contributed by atoms with van der Waals surface area (Å²) in [4.78, 5) is 15.3. The number of nitrogens with one attached hydrogen (secondary N) is 1. The molecule has 5 nitrogen and oxygen atoms in total. The van der Waals surface area contributed by atoms with Crippen LogP contribution in [0, 0.1) is 0 Å². The van der Waals surface area contributed by atoms with Gasteiger partial charge in [0.2, 0.25) is 10.0 Å². The van der Waals surface area contributed by atoms with Crippen molar-refractivity contribution in [3.8, 4) is 0 Å². The Morgan fingerprint density at radius 3 is 1.85 bits per heavy atom. The van der Waals surface area contributed by atoms with Crippen LogP contribution in [0.25, 0.3) is 0 Å². The van der Waals surface area contributed by atoms with Crippen molar-refractivity contribution in [3.63, 3.8) is 0 Å². The third kappa shape index (κ3) is 7.25. The highest BCUT2D eigenvalue weighted by molar-refractivity contribution is 9.10. The van der Waals surface area contributed by atoms with E-state index in [2.05, 4.69) is 36.6 Å². The lowest BCUT2D eigenvalue weighted by Crippen LogP contribution is -2.40. The molecule has 3 aromatic rings. The Morgan fingerprint density at radius 1 is 0.882 bits per heavy atom. The summed E-state index contributed by atoms with van der Waals surface area (Å²) in [5.41, 5.74) is 2.57. The van der Waals surface area contributed by atoms with E-state index in [-0.39, 0.29) is 22.9 Å². The van der Waals surface area contributed by atoms with E-state index in [0.717, 1.165) is 20.1 Å². The predicted molar refractivity (Wildman–Crippen MR) is 143 cm³/mol. The van der Waals surface area contributed by atoms with Gasteiger partial charge in [-0.25, -0.2) is 13.1 Å². The van der Waals surface area contributed by atoms with Crippen molar-refractivity contribution in [2.24, 2.45) is 0 Å². The monoisotopic (exact) mass is 606 g/mol. The zero-order valence-corrected chi connectivity index (χ0v) is 23.3. The van der Waals surface area contributed by atoms with E-state index < -0.39 is 10.0 Å². The zero-order chi connectivity index (χ0) is 24.9. The molecule has 0 aliphatic carbocycles. The number of hydrogen-bond acceptors (Lipinski definition) is 3. The lowest BCUT2D eigenvalue weighted by Gasteiger charge is -2.29. The molecule has 0 saturated carbocycles. The van der Waals surface area contributed by atoms with Crippen molar-refractivity contribution in [2.75, 3.05) is 7.05 Å². The second-order valence-electron chi connectivity index (χ2n) is 8.53. The molecular weight excluding hydrogens is 580 g/mol. The van der Waals surface area contributed by atoms with Crippen LogP contribution in [0.3, 0.4) is 0 Å². The maximum Gasteiger partial charge on any atom is 0.253 e. The molecule has 0 aliphatic rings. The van der Waals surface area contributed by atoms with Crippen molar-refractivity contribution < 1.29 is 13.2 Å². The summed E-state index contributed by atoms with van der Waals surface area (Å²) in [5.74, 6) is -0.221. The van der Waals surface area contributed by atoms with Crippen LogP contribution in [0.1, 0.15) is 35.3 Å². The predicted octanol–water partition coefficient (Wildman–Crippen LogP) is 5.82. The number of carbonyl (C=O) groups excluding carboxylic acids is 1. The molecule has 0 unspecified atom stereocenters. The number of sulfonamides is 1. The van der Waals surface area contributed by atoms with Crippen molar-refractivity contribution in [1.82, 2.24) is 9.62 Å². The van der Waals surface area contributed by atoms with Gasteiger partial charge < -0.3 is 4.90 Å². The van der Waals surface area contributed by atoms with E-state index >= 15 is 0 Å². The summed E-state index contributed by atoms with van der Waals surface area (Å²) in [5, 5.41) is 0. The van der Waals surface area contributed by atoms with Crippen LogP contribution < -0.4 is 4.72 Å². The number of carbonyl (C=O) groups is 1.